The third-order valence-electron chi connectivity index (χ3n) is 2.21. The van der Waals surface area contributed by atoms with Gasteiger partial charge in [0.2, 0.25) is 5.75 Å². The summed E-state index contributed by atoms with van der Waals surface area (Å²) in [5.74, 6) is -0.157. The minimum absolute atomic E-state index is 0.118. The van der Waals surface area contributed by atoms with E-state index in [0.717, 1.165) is 6.42 Å². The van der Waals surface area contributed by atoms with E-state index in [9.17, 15) is 14.9 Å². The van der Waals surface area contributed by atoms with Crippen LogP contribution in [0.3, 0.4) is 0 Å². The highest BCUT2D eigenvalue weighted by atomic mass is 17.3. The molecule has 8 heteroatoms. The maximum Gasteiger partial charge on any atom is 0.434 e. The Hall–Kier alpha value is -2.35. The maximum absolute atomic E-state index is 10.8. The van der Waals surface area contributed by atoms with Crippen LogP contribution in [0.15, 0.2) is 24.3 Å². The Bertz CT molecular complexity index is 451. The van der Waals surface area contributed by atoms with Gasteiger partial charge in [0.1, 0.15) is 0 Å². The Balaban J connectivity index is 2.68. The van der Waals surface area contributed by atoms with Crippen molar-refractivity contribution in [3.05, 3.63) is 34.4 Å². The van der Waals surface area contributed by atoms with E-state index in [1.54, 1.807) is 0 Å². The fourth-order valence-corrected chi connectivity index (χ4v) is 1.23. The molecule has 0 saturated carbocycles. The van der Waals surface area contributed by atoms with Crippen LogP contribution in [-0.4, -0.2) is 27.7 Å². The van der Waals surface area contributed by atoms with E-state index in [2.05, 4.69) is 4.99 Å². The number of carbonyl (C=O) groups is 1. The van der Waals surface area contributed by atoms with Gasteiger partial charge in [-0.15, -0.1) is 5.06 Å². The van der Waals surface area contributed by atoms with Gasteiger partial charge in [-0.3, -0.25) is 10.1 Å². The summed E-state index contributed by atoms with van der Waals surface area (Å²) in [4.78, 5) is 30.2. The van der Waals surface area contributed by atoms with Crippen LogP contribution in [0.5, 0.6) is 5.75 Å². The molecular formula is C11H14N2O6. The van der Waals surface area contributed by atoms with Gasteiger partial charge in [-0.25, -0.2) is 4.79 Å². The first-order valence-corrected chi connectivity index (χ1v) is 5.64. The number of nitro benzene ring substituents is 1. The fraction of sp³-hybridized carbons (Fsp3) is 0.364. The van der Waals surface area contributed by atoms with Crippen molar-refractivity contribution in [2.75, 3.05) is 6.54 Å². The van der Waals surface area contributed by atoms with Crippen molar-refractivity contribution >= 4 is 11.8 Å². The molecule has 0 aliphatic rings. The molecule has 0 saturated heterocycles. The summed E-state index contributed by atoms with van der Waals surface area (Å²) in [6.45, 7) is 2.01. The third kappa shape index (κ3) is 4.43. The summed E-state index contributed by atoms with van der Waals surface area (Å²) in [5, 5.41) is 20.1. The summed E-state index contributed by atoms with van der Waals surface area (Å²) in [5.41, 5.74) is -0.302. The zero-order valence-electron chi connectivity index (χ0n) is 10.3. The number of nitro groups is 1. The molecule has 8 nitrogen and oxygen atoms in total. The third-order valence-corrected chi connectivity index (χ3v) is 2.21. The smallest absolute Gasteiger partial charge is 0.434 e. The Morgan fingerprint density at radius 1 is 1.47 bits per heavy atom. The predicted molar refractivity (Wildman–Crippen MR) is 64.4 cm³/mol. The summed E-state index contributed by atoms with van der Waals surface area (Å²) >= 11 is 0. The average molecular weight is 270 g/mol. The lowest BCUT2D eigenvalue weighted by atomic mass is 10.3. The van der Waals surface area contributed by atoms with Crippen molar-refractivity contribution in [3.8, 4) is 5.75 Å². The van der Waals surface area contributed by atoms with Gasteiger partial charge in [-0.2, -0.15) is 0 Å². The summed E-state index contributed by atoms with van der Waals surface area (Å²) in [7, 11) is 0. The fourth-order valence-electron chi connectivity index (χ4n) is 1.23. The Morgan fingerprint density at radius 3 is 2.74 bits per heavy atom. The first-order valence-electron chi connectivity index (χ1n) is 5.64. The van der Waals surface area contributed by atoms with Gasteiger partial charge in [0, 0.05) is 6.07 Å². The van der Waals surface area contributed by atoms with E-state index < -0.39 is 11.0 Å². The number of carboxylic acid groups (broad SMARTS) is 1. The van der Waals surface area contributed by atoms with E-state index in [1.165, 1.54) is 24.3 Å². The number of hydrogen-bond acceptors (Lipinski definition) is 5. The lowest BCUT2D eigenvalue weighted by Gasteiger charge is -2.16. The maximum atomic E-state index is 10.8. The molecule has 1 N–H and O–H groups in total. The number of amides is 1. The lowest BCUT2D eigenvalue weighted by molar-refractivity contribution is -0.396. The van der Waals surface area contributed by atoms with E-state index in [1.807, 2.05) is 6.92 Å². The number of hydroxylamine groups is 2. The minimum atomic E-state index is -1.33. The molecule has 1 rings (SSSR count). The summed E-state index contributed by atoms with van der Waals surface area (Å²) in [6.07, 6.45) is 0.0394. The van der Waals surface area contributed by atoms with Gasteiger partial charge >= 0.3 is 11.8 Å². The van der Waals surface area contributed by atoms with Crippen molar-refractivity contribution in [1.29, 1.82) is 0 Å². The van der Waals surface area contributed by atoms with Gasteiger partial charge < -0.3 is 9.99 Å². The van der Waals surface area contributed by atoms with Gasteiger partial charge in [-0.05, 0) is 12.5 Å². The van der Waals surface area contributed by atoms with Crippen molar-refractivity contribution < 1.29 is 24.7 Å². The molecule has 0 unspecified atom stereocenters. The Morgan fingerprint density at radius 2 is 2.16 bits per heavy atom. The number of benzene rings is 1. The topological polar surface area (TPSA) is 102 Å². The Labute approximate surface area is 109 Å². The van der Waals surface area contributed by atoms with Crippen molar-refractivity contribution in [2.24, 2.45) is 0 Å². The monoisotopic (exact) mass is 270 g/mol. The Kier molecular flexibility index (Phi) is 5.55. The molecule has 1 aromatic rings. The van der Waals surface area contributed by atoms with Crippen LogP contribution in [-0.2, 0) is 4.99 Å². The molecule has 19 heavy (non-hydrogen) atoms. The molecule has 0 aromatic heterocycles. The second-order valence-electron chi connectivity index (χ2n) is 3.62. The van der Waals surface area contributed by atoms with Gasteiger partial charge in [0.15, 0.2) is 0 Å². The van der Waals surface area contributed by atoms with E-state index in [0.29, 0.717) is 11.5 Å². The first kappa shape index (κ1) is 14.7. The summed E-state index contributed by atoms with van der Waals surface area (Å²) < 4.78 is 0. The minimum Gasteiger partial charge on any atom is -0.463 e. The SMILES string of the molecule is CCCCN(OOc1ccccc1[N+](=O)[O-])C(=O)O. The number of rotatable bonds is 7. The molecule has 0 spiro atoms. The van der Waals surface area contributed by atoms with Crippen LogP contribution in [0.4, 0.5) is 10.5 Å². The molecular weight excluding hydrogens is 256 g/mol. The van der Waals surface area contributed by atoms with E-state index in [-0.39, 0.29) is 18.0 Å². The van der Waals surface area contributed by atoms with Gasteiger partial charge in [-0.1, -0.05) is 30.5 Å². The second kappa shape index (κ2) is 7.17. The average Bonchev–Trinajstić information content (AvgIpc) is 2.38. The highest BCUT2D eigenvalue weighted by Gasteiger charge is 2.18. The molecule has 0 bridgehead atoms. The van der Waals surface area contributed by atoms with Crippen LogP contribution in [0.1, 0.15) is 19.8 Å². The highest BCUT2D eigenvalue weighted by molar-refractivity contribution is 5.63. The molecule has 0 atom stereocenters. The normalized spacial score (nSPS) is 9.95. The van der Waals surface area contributed by atoms with Crippen molar-refractivity contribution in [3.63, 3.8) is 0 Å². The van der Waals surface area contributed by atoms with Crippen molar-refractivity contribution in [2.45, 2.75) is 19.8 Å². The standard InChI is InChI=1S/C11H14N2O6/c1-2-3-8-12(11(14)15)19-18-10-7-5-4-6-9(10)13(16)17/h4-7H,2-3,8H2,1H3,(H,14,15). The lowest BCUT2D eigenvalue weighted by Crippen LogP contribution is -2.32. The highest BCUT2D eigenvalue weighted by Crippen LogP contribution is 2.26. The first-order chi connectivity index (χ1) is 9.06. The number of para-hydroxylation sites is 2. The molecule has 0 fully saturated rings. The van der Waals surface area contributed by atoms with Crippen LogP contribution >= 0.6 is 0 Å². The predicted octanol–water partition coefficient (Wildman–Crippen LogP) is 2.60. The molecule has 0 aliphatic heterocycles. The van der Waals surface area contributed by atoms with Gasteiger partial charge in [0.25, 0.3) is 0 Å². The van der Waals surface area contributed by atoms with Crippen LogP contribution < -0.4 is 4.89 Å². The van der Waals surface area contributed by atoms with Crippen LogP contribution in [0.2, 0.25) is 0 Å². The van der Waals surface area contributed by atoms with E-state index >= 15 is 0 Å². The van der Waals surface area contributed by atoms with Crippen molar-refractivity contribution in [1.82, 2.24) is 5.06 Å². The van der Waals surface area contributed by atoms with Crippen LogP contribution in [0, 0.1) is 10.1 Å². The largest absolute Gasteiger partial charge is 0.463 e. The molecule has 0 heterocycles. The summed E-state index contributed by atoms with van der Waals surface area (Å²) in [6, 6.07) is 5.54. The van der Waals surface area contributed by atoms with Gasteiger partial charge in [0.05, 0.1) is 11.5 Å². The molecule has 0 radical (unpaired) electrons. The zero-order valence-corrected chi connectivity index (χ0v) is 10.3. The molecule has 0 aliphatic carbocycles. The second-order valence-corrected chi connectivity index (χ2v) is 3.62. The molecule has 104 valence electrons. The molecule has 1 amide bonds. The zero-order chi connectivity index (χ0) is 14.3. The quantitative estimate of drug-likeness (QED) is 0.464. The number of nitrogens with zero attached hydrogens (tertiary/aromatic N) is 2. The van der Waals surface area contributed by atoms with Crippen LogP contribution in [0.25, 0.3) is 0 Å². The number of unbranched alkanes of at least 4 members (excludes halogenated alkanes) is 1. The van der Waals surface area contributed by atoms with E-state index in [4.69, 9.17) is 9.99 Å². The number of hydrogen-bond donors (Lipinski definition) is 1. The molecule has 1 aromatic carbocycles.